The number of nitrogens with zero attached hydrogens (tertiary/aromatic N) is 3. The second-order valence-electron chi connectivity index (χ2n) is 9.57. The zero-order valence-corrected chi connectivity index (χ0v) is 23.2. The van der Waals surface area contributed by atoms with Crippen LogP contribution in [0.3, 0.4) is 0 Å². The molecule has 47 heavy (non-hydrogen) atoms. The summed E-state index contributed by atoms with van der Waals surface area (Å²) in [7, 11) is 0. The van der Waals surface area contributed by atoms with E-state index in [1.807, 2.05) is 0 Å². The summed E-state index contributed by atoms with van der Waals surface area (Å²) < 4.78 is 241. The molecule has 0 aliphatic heterocycles. The van der Waals surface area contributed by atoms with Gasteiger partial charge in [-0.05, 0) is 51.2 Å². The molecule has 0 saturated heterocycles. The molecular formula is C43H27N3O. The van der Waals surface area contributed by atoms with E-state index in [1.165, 1.54) is 0 Å². The van der Waals surface area contributed by atoms with Crippen LogP contribution in [0.1, 0.15) is 37.0 Å². The largest absolute Gasteiger partial charge is 0.456 e. The zero-order valence-electron chi connectivity index (χ0n) is 50.2. The Labute approximate surface area is 309 Å². The Kier molecular flexibility index (Phi) is 2.66. The molecule has 0 amide bonds. The molecule has 0 aliphatic rings. The first-order valence-electron chi connectivity index (χ1n) is 27.0. The smallest absolute Gasteiger partial charge is 0.164 e. The Balaban J connectivity index is 1.43. The van der Waals surface area contributed by atoms with Crippen LogP contribution >= 0.6 is 0 Å². The predicted octanol–water partition coefficient (Wildman–Crippen LogP) is 11.3. The van der Waals surface area contributed by atoms with Gasteiger partial charge in [-0.3, -0.25) is 0 Å². The van der Waals surface area contributed by atoms with E-state index in [0.29, 0.717) is 0 Å². The summed E-state index contributed by atoms with van der Waals surface area (Å²) in [6, 6.07) is -24.3. The molecule has 0 spiro atoms. The molecule has 7 aromatic carbocycles. The lowest BCUT2D eigenvalue weighted by molar-refractivity contribution is 0.669. The van der Waals surface area contributed by atoms with Gasteiger partial charge in [0.05, 0.1) is 37.0 Å². The fourth-order valence-electron chi connectivity index (χ4n) is 4.74. The molecule has 0 aliphatic carbocycles. The van der Waals surface area contributed by atoms with Crippen molar-refractivity contribution in [1.29, 1.82) is 0 Å². The number of hydrogen-bond donors (Lipinski definition) is 0. The van der Waals surface area contributed by atoms with E-state index in [9.17, 15) is 5.48 Å². The molecule has 0 bridgehead atoms. The molecule has 9 aromatic rings. The second-order valence-corrected chi connectivity index (χ2v) is 9.57. The summed E-state index contributed by atoms with van der Waals surface area (Å²) in [5.74, 6) is -2.49. The Bertz CT molecular complexity index is 4030. The second kappa shape index (κ2) is 11.2. The average Bonchev–Trinajstić information content (AvgIpc) is 3.77. The van der Waals surface area contributed by atoms with E-state index < -0.39 is 252 Å². The topological polar surface area (TPSA) is 51.8 Å². The minimum Gasteiger partial charge on any atom is -0.456 e. The number of para-hydroxylation sites is 1. The first-order chi connectivity index (χ1) is 34.5. The summed E-state index contributed by atoms with van der Waals surface area (Å²) in [5, 5.41) is -2.33. The molecule has 220 valence electrons. The van der Waals surface area contributed by atoms with Crippen LogP contribution in [0.4, 0.5) is 0 Å². The number of rotatable bonds is 5. The van der Waals surface area contributed by atoms with Crippen molar-refractivity contribution in [2.75, 3.05) is 0 Å². The summed E-state index contributed by atoms with van der Waals surface area (Å²) in [5.41, 5.74) is -6.31. The SMILES string of the molecule is [2H]c1c([2H])c([2H])c(-c2nc(-c3c([2H])c([2H])c([2H])c4c([2H])c(-c5c([2H])c([2H])c(-c6c([2H])c([2H])c([2H])c([2H])c6[2H])c([2H])c5[2H])c([2H])c([2H])c34)nc(-c3c([2H])c([2H])c([2H])c4oc5c([2H])c([2H])c([2H])c([2H])c5c34)n2)c([2H])c1[2H]. The van der Waals surface area contributed by atoms with Crippen LogP contribution < -0.4 is 0 Å². The van der Waals surface area contributed by atoms with Gasteiger partial charge in [-0.1, -0.05) is 145 Å². The van der Waals surface area contributed by atoms with Crippen LogP contribution in [0.5, 0.6) is 0 Å². The summed E-state index contributed by atoms with van der Waals surface area (Å²) in [4.78, 5) is 13.1. The zero-order chi connectivity index (χ0) is 54.7. The standard InChI is InChI=1S/C43H27N3O/c1-3-11-28(12-4-1)29-21-23-30(24-22-29)32-25-26-34-33(27-32)15-9-17-35(34)42-44-41(31-13-5-2-6-14-31)45-43(46-42)37-18-10-20-39-40(37)36-16-7-8-19-38(36)47-39/h1-27H/i1D,2D,3D,4D,5D,6D,7D,8D,9D,10D,11D,12D,13D,14D,15D,16D,17D,18D,19D,20D,21D,22D,23D,24D,25D,26D,27D. The van der Waals surface area contributed by atoms with Gasteiger partial charge in [-0.25, -0.2) is 15.0 Å². The van der Waals surface area contributed by atoms with Gasteiger partial charge in [0.15, 0.2) is 17.5 Å². The molecule has 2 heterocycles. The predicted molar refractivity (Wildman–Crippen MR) is 192 cm³/mol. The monoisotopic (exact) mass is 628 g/mol. The molecule has 2 aromatic heterocycles. The van der Waals surface area contributed by atoms with Gasteiger partial charge in [0, 0.05) is 27.5 Å². The molecule has 0 N–H and O–H groups in total. The Morgan fingerprint density at radius 3 is 1.72 bits per heavy atom. The number of furan rings is 1. The summed E-state index contributed by atoms with van der Waals surface area (Å²) in [6.07, 6.45) is 0. The number of hydrogen-bond acceptors (Lipinski definition) is 4. The molecule has 0 fully saturated rings. The third kappa shape index (κ3) is 4.84. The lowest BCUT2D eigenvalue weighted by Crippen LogP contribution is -2.00. The maximum absolute atomic E-state index is 9.46. The number of aromatic nitrogens is 3. The molecule has 0 atom stereocenters. The van der Waals surface area contributed by atoms with Gasteiger partial charge in [-0.2, -0.15) is 0 Å². The van der Waals surface area contributed by atoms with E-state index >= 15 is 0 Å². The van der Waals surface area contributed by atoms with E-state index in [0.717, 1.165) is 0 Å². The molecule has 4 heteroatoms. The van der Waals surface area contributed by atoms with Crippen LogP contribution in [0.15, 0.2) is 168 Å². The third-order valence-electron chi connectivity index (χ3n) is 6.82. The molecular weight excluding hydrogens is 574 g/mol. The Morgan fingerprint density at radius 1 is 0.383 bits per heavy atom. The quantitative estimate of drug-likeness (QED) is 0.190. The fourth-order valence-corrected chi connectivity index (χ4v) is 4.74. The average molecular weight is 629 g/mol. The first kappa shape index (κ1) is 11.1. The van der Waals surface area contributed by atoms with Gasteiger partial charge in [0.1, 0.15) is 11.2 Å². The van der Waals surface area contributed by atoms with Crippen LogP contribution in [0, 0.1) is 0 Å². The van der Waals surface area contributed by atoms with E-state index in [-0.39, 0.29) is 0 Å². The number of benzene rings is 7. The third-order valence-corrected chi connectivity index (χ3v) is 6.82. The highest BCUT2D eigenvalue weighted by molar-refractivity contribution is 6.11. The lowest BCUT2D eigenvalue weighted by atomic mass is 9.96. The highest BCUT2D eigenvalue weighted by atomic mass is 16.3. The van der Waals surface area contributed by atoms with Crippen molar-refractivity contribution in [3.05, 3.63) is 163 Å². The minimum absolute atomic E-state index is 0.429. The van der Waals surface area contributed by atoms with Crippen molar-refractivity contribution in [3.8, 4) is 56.4 Å². The highest BCUT2D eigenvalue weighted by Gasteiger charge is 2.18. The fraction of sp³-hybridized carbons (Fsp3) is 0. The van der Waals surface area contributed by atoms with Gasteiger partial charge >= 0.3 is 0 Å². The van der Waals surface area contributed by atoms with Crippen LogP contribution in [-0.2, 0) is 0 Å². The Hall–Kier alpha value is -6.39. The van der Waals surface area contributed by atoms with Crippen molar-refractivity contribution < 1.29 is 41.4 Å². The maximum Gasteiger partial charge on any atom is 0.164 e. The first-order valence-corrected chi connectivity index (χ1v) is 13.5. The van der Waals surface area contributed by atoms with Gasteiger partial charge in [0.2, 0.25) is 0 Å². The van der Waals surface area contributed by atoms with Crippen molar-refractivity contribution in [2.24, 2.45) is 0 Å². The molecule has 4 nitrogen and oxygen atoms in total. The highest BCUT2D eigenvalue weighted by Crippen LogP contribution is 2.37. The summed E-state index contributed by atoms with van der Waals surface area (Å²) >= 11 is 0. The minimum atomic E-state index is -1.05. The number of fused-ring (bicyclic) bond motifs is 4. The molecule has 0 saturated carbocycles. The lowest BCUT2D eigenvalue weighted by Gasteiger charge is -2.12. The van der Waals surface area contributed by atoms with E-state index in [4.69, 9.17) is 35.9 Å². The maximum atomic E-state index is 9.46. The van der Waals surface area contributed by atoms with Gasteiger partial charge in [-0.15, -0.1) is 0 Å². The van der Waals surface area contributed by atoms with Crippen molar-refractivity contribution in [3.63, 3.8) is 0 Å². The normalized spacial score (nSPS) is 19.4. The van der Waals surface area contributed by atoms with Crippen molar-refractivity contribution in [2.45, 2.75) is 0 Å². The van der Waals surface area contributed by atoms with Crippen molar-refractivity contribution >= 4 is 32.7 Å². The van der Waals surface area contributed by atoms with Gasteiger partial charge in [0.25, 0.3) is 0 Å². The molecule has 9 rings (SSSR count). The van der Waals surface area contributed by atoms with Crippen LogP contribution in [0.2, 0.25) is 0 Å². The van der Waals surface area contributed by atoms with E-state index in [1.54, 1.807) is 0 Å². The molecule has 0 radical (unpaired) electrons. The van der Waals surface area contributed by atoms with Crippen molar-refractivity contribution in [1.82, 2.24) is 15.0 Å². The molecule has 0 unspecified atom stereocenters. The van der Waals surface area contributed by atoms with Crippen LogP contribution in [0.25, 0.3) is 89.1 Å². The van der Waals surface area contributed by atoms with Gasteiger partial charge < -0.3 is 4.42 Å². The summed E-state index contributed by atoms with van der Waals surface area (Å²) in [6.45, 7) is 0. The van der Waals surface area contributed by atoms with Crippen LogP contribution in [-0.4, -0.2) is 15.0 Å². The Morgan fingerprint density at radius 2 is 0.936 bits per heavy atom. The van der Waals surface area contributed by atoms with E-state index in [2.05, 4.69) is 15.0 Å².